The lowest BCUT2D eigenvalue weighted by Gasteiger charge is -2.42. The van der Waals surface area contributed by atoms with Gasteiger partial charge in [-0.15, -0.1) is 0 Å². The van der Waals surface area contributed by atoms with Gasteiger partial charge in [0, 0.05) is 31.7 Å². The molecule has 198 valence electrons. The van der Waals surface area contributed by atoms with Crippen LogP contribution in [0.15, 0.2) is 24.3 Å². The molecule has 3 unspecified atom stereocenters. The van der Waals surface area contributed by atoms with E-state index < -0.39 is 30.0 Å². The Morgan fingerprint density at radius 1 is 1.24 bits per heavy atom. The normalized spacial score (nSPS) is 27.4. The molecule has 3 fully saturated rings. The summed E-state index contributed by atoms with van der Waals surface area (Å²) in [5.41, 5.74) is 0.898. The number of ether oxygens (including phenoxy) is 1. The highest BCUT2D eigenvalue weighted by Crippen LogP contribution is 2.40. The van der Waals surface area contributed by atoms with Gasteiger partial charge in [0.05, 0.1) is 23.7 Å². The zero-order valence-corrected chi connectivity index (χ0v) is 21.9. The maximum Gasteiger partial charge on any atom is 0.408 e. The van der Waals surface area contributed by atoms with E-state index in [4.69, 9.17) is 10.00 Å². The summed E-state index contributed by atoms with van der Waals surface area (Å²) < 4.78 is 5.41. The largest absolute Gasteiger partial charge is 0.444 e. The van der Waals surface area contributed by atoms with Gasteiger partial charge < -0.3 is 20.1 Å². The average molecular weight is 509 g/mol. The number of aliphatic hydroxyl groups excluding tert-OH is 1. The number of amides is 2. The Kier molecular flexibility index (Phi) is 7.75. The topological polar surface area (TPSA) is 133 Å². The first-order chi connectivity index (χ1) is 17.5. The summed E-state index contributed by atoms with van der Waals surface area (Å²) in [6, 6.07) is 10.2. The predicted molar refractivity (Wildman–Crippen MR) is 135 cm³/mol. The van der Waals surface area contributed by atoms with Crippen LogP contribution >= 0.6 is 0 Å². The Morgan fingerprint density at radius 2 is 1.95 bits per heavy atom. The molecule has 2 amide bonds. The molecule has 10 heteroatoms. The number of carbonyl (C=O) groups is 2. The van der Waals surface area contributed by atoms with Crippen LogP contribution in [0.4, 0.5) is 4.79 Å². The van der Waals surface area contributed by atoms with Crippen molar-refractivity contribution >= 4 is 12.0 Å². The van der Waals surface area contributed by atoms with Gasteiger partial charge in [-0.25, -0.2) is 4.79 Å². The molecule has 3 aliphatic rings. The zero-order chi connectivity index (χ0) is 26.9. The number of nitrogens with one attached hydrogen (secondary N) is 1. The number of likely N-dealkylation sites (tertiary alicyclic amines) is 3. The van der Waals surface area contributed by atoms with E-state index in [2.05, 4.69) is 27.3 Å². The second-order valence-corrected chi connectivity index (χ2v) is 11.2. The second kappa shape index (κ2) is 10.7. The zero-order valence-electron chi connectivity index (χ0n) is 21.9. The summed E-state index contributed by atoms with van der Waals surface area (Å²) in [5, 5.41) is 32.5. The third kappa shape index (κ3) is 5.72. The van der Waals surface area contributed by atoms with Crippen molar-refractivity contribution in [1.82, 2.24) is 20.0 Å². The summed E-state index contributed by atoms with van der Waals surface area (Å²) in [5.74, 6) is -0.296. The number of hydrogen-bond acceptors (Lipinski definition) is 8. The van der Waals surface area contributed by atoms with Crippen molar-refractivity contribution in [3.05, 3.63) is 35.4 Å². The van der Waals surface area contributed by atoms with Gasteiger partial charge in [0.25, 0.3) is 0 Å². The van der Waals surface area contributed by atoms with Crippen molar-refractivity contribution in [2.45, 2.75) is 89.0 Å². The number of benzene rings is 1. The average Bonchev–Trinajstić information content (AvgIpc) is 3.56. The van der Waals surface area contributed by atoms with Crippen LogP contribution < -0.4 is 5.32 Å². The molecule has 0 saturated carbocycles. The number of alkyl carbamates (subject to hydrolysis) is 1. The maximum atomic E-state index is 13.5. The first kappa shape index (κ1) is 26.9. The van der Waals surface area contributed by atoms with E-state index in [0.717, 1.165) is 18.4 Å². The van der Waals surface area contributed by atoms with E-state index in [-0.39, 0.29) is 30.6 Å². The number of carbonyl (C=O) groups excluding carboxylic acids is 2. The van der Waals surface area contributed by atoms with Gasteiger partial charge in [-0.2, -0.15) is 10.5 Å². The molecule has 2 bridgehead atoms. The first-order valence-corrected chi connectivity index (χ1v) is 12.9. The smallest absolute Gasteiger partial charge is 0.408 e. The molecule has 3 aliphatic heterocycles. The Bertz CT molecular complexity index is 1090. The van der Waals surface area contributed by atoms with Crippen LogP contribution in [0.5, 0.6) is 0 Å². The van der Waals surface area contributed by atoms with Crippen molar-refractivity contribution < 1.29 is 19.4 Å². The fourth-order valence-electron chi connectivity index (χ4n) is 5.85. The summed E-state index contributed by atoms with van der Waals surface area (Å²) in [7, 11) is 0. The molecule has 0 spiro atoms. The predicted octanol–water partition coefficient (Wildman–Crippen LogP) is 2.10. The third-order valence-electron chi connectivity index (χ3n) is 7.56. The van der Waals surface area contributed by atoms with Crippen molar-refractivity contribution in [3.63, 3.8) is 0 Å². The minimum Gasteiger partial charge on any atom is -0.444 e. The van der Waals surface area contributed by atoms with E-state index in [0.29, 0.717) is 25.1 Å². The molecule has 4 rings (SSSR count). The van der Waals surface area contributed by atoms with Crippen molar-refractivity contribution in [1.29, 1.82) is 10.5 Å². The first-order valence-electron chi connectivity index (χ1n) is 12.9. The van der Waals surface area contributed by atoms with Gasteiger partial charge >= 0.3 is 6.09 Å². The molecule has 0 radical (unpaired) electrons. The molecule has 10 nitrogen and oxygen atoms in total. The van der Waals surface area contributed by atoms with Crippen LogP contribution in [0.25, 0.3) is 0 Å². The number of nitriles is 2. The molecule has 0 aromatic heterocycles. The third-order valence-corrected chi connectivity index (χ3v) is 7.56. The molecule has 3 heterocycles. The van der Waals surface area contributed by atoms with E-state index in [1.54, 1.807) is 37.8 Å². The van der Waals surface area contributed by atoms with Gasteiger partial charge in [0.15, 0.2) is 0 Å². The number of nitrogens with zero attached hydrogens (tertiary/aromatic N) is 5. The van der Waals surface area contributed by atoms with Crippen LogP contribution in [0.3, 0.4) is 0 Å². The monoisotopic (exact) mass is 508 g/mol. The SMILES string of the molecule is C[C@@H](c1ccc(C#N)cc1)N1C2C[C@@H](C1O)N(C[C@H](NC(=O)OC(C)(C)C)C(=O)N1CCCC1C#N)C2. The number of aliphatic hydroxyl groups is 1. The minimum atomic E-state index is -0.889. The molecule has 1 aromatic carbocycles. The lowest BCUT2D eigenvalue weighted by atomic mass is 10.0. The maximum absolute atomic E-state index is 13.5. The van der Waals surface area contributed by atoms with E-state index in [1.165, 1.54) is 0 Å². The summed E-state index contributed by atoms with van der Waals surface area (Å²) in [4.78, 5) is 31.8. The lowest BCUT2D eigenvalue weighted by molar-refractivity contribution is -0.135. The quantitative estimate of drug-likeness (QED) is 0.597. The fraction of sp³-hybridized carbons (Fsp3) is 0.630. The Labute approximate surface area is 218 Å². The highest BCUT2D eigenvalue weighted by atomic mass is 16.6. The molecule has 1 aromatic rings. The van der Waals surface area contributed by atoms with Crippen LogP contribution in [-0.2, 0) is 9.53 Å². The number of piperazine rings is 1. The van der Waals surface area contributed by atoms with Crippen molar-refractivity contribution in [3.8, 4) is 12.1 Å². The molecular weight excluding hydrogens is 472 g/mol. The van der Waals surface area contributed by atoms with Crippen molar-refractivity contribution in [2.24, 2.45) is 0 Å². The molecule has 3 saturated heterocycles. The van der Waals surface area contributed by atoms with E-state index in [9.17, 15) is 20.0 Å². The van der Waals surface area contributed by atoms with Gasteiger partial charge in [-0.3, -0.25) is 14.6 Å². The van der Waals surface area contributed by atoms with Crippen molar-refractivity contribution in [2.75, 3.05) is 19.6 Å². The second-order valence-electron chi connectivity index (χ2n) is 11.2. The molecule has 37 heavy (non-hydrogen) atoms. The van der Waals surface area contributed by atoms with Gasteiger partial charge in [0.1, 0.15) is 23.9 Å². The molecule has 2 N–H and O–H groups in total. The molecular formula is C27H36N6O4. The van der Waals surface area contributed by atoms with Crippen LogP contribution in [0.1, 0.15) is 64.1 Å². The van der Waals surface area contributed by atoms with Crippen LogP contribution in [0.2, 0.25) is 0 Å². The molecule has 6 atom stereocenters. The number of hydrogen-bond donors (Lipinski definition) is 2. The standard InChI is InChI=1S/C27H36N6O4/c1-17(19-9-7-18(13-28)8-10-19)33-21-12-23(25(33)35)31(15-21)16-22(30-26(36)37-27(2,3)4)24(34)32-11-5-6-20(32)14-29/h7-10,17,20-23,25,35H,5-6,11-12,15-16H2,1-4H3,(H,30,36)/t17-,20?,21?,22-,23-,25?/m0/s1. The highest BCUT2D eigenvalue weighted by Gasteiger charge is 2.52. The lowest BCUT2D eigenvalue weighted by Crippen LogP contribution is -2.60. The van der Waals surface area contributed by atoms with Gasteiger partial charge in [0.2, 0.25) is 5.91 Å². The van der Waals surface area contributed by atoms with Gasteiger partial charge in [-0.1, -0.05) is 12.1 Å². The van der Waals surface area contributed by atoms with Crippen LogP contribution in [0, 0.1) is 22.7 Å². The minimum absolute atomic E-state index is 0.0433. The highest BCUT2D eigenvalue weighted by molar-refractivity contribution is 5.86. The van der Waals surface area contributed by atoms with Gasteiger partial charge in [-0.05, 0) is 64.7 Å². The fourth-order valence-corrected chi connectivity index (χ4v) is 5.85. The number of rotatable bonds is 6. The summed E-state index contributed by atoms with van der Waals surface area (Å²) in [6.07, 6.45) is 0.703. The molecule has 0 aliphatic carbocycles. The Morgan fingerprint density at radius 3 is 2.54 bits per heavy atom. The Balaban J connectivity index is 1.47. The van der Waals surface area contributed by atoms with E-state index >= 15 is 0 Å². The van der Waals surface area contributed by atoms with E-state index in [1.807, 2.05) is 19.1 Å². The Hall–Kier alpha value is -3.18. The van der Waals surface area contributed by atoms with Crippen LogP contribution in [-0.4, -0.2) is 87.4 Å². The number of fused-ring (bicyclic) bond motifs is 2. The summed E-state index contributed by atoms with van der Waals surface area (Å²) >= 11 is 0. The summed E-state index contributed by atoms with van der Waals surface area (Å²) in [6.45, 7) is 8.67.